The summed E-state index contributed by atoms with van der Waals surface area (Å²) in [5.74, 6) is -6.56. The molecule has 0 aliphatic carbocycles. The molecule has 32 nitrogen and oxygen atoms in total. The molecule has 0 atom stereocenters. The molecule has 0 amide bonds. The van der Waals surface area contributed by atoms with E-state index in [1.54, 1.807) is 166 Å². The molecule has 0 aromatic heterocycles. The van der Waals surface area contributed by atoms with Gasteiger partial charge in [-0.3, -0.25) is 52.7 Å². The number of carbonyl (C=O) groups is 11. The summed E-state index contributed by atoms with van der Waals surface area (Å²) in [7, 11) is 50.0. The minimum absolute atomic E-state index is 0.0000926. The second-order valence-electron chi connectivity index (χ2n) is 37.0. The van der Waals surface area contributed by atoms with Crippen molar-refractivity contribution in [2.45, 2.75) is 440 Å². The van der Waals surface area contributed by atoms with Gasteiger partial charge in [-0.2, -0.15) is 0 Å². The second kappa shape index (κ2) is 136. The average Bonchev–Trinajstić information content (AvgIpc) is 0.921. The van der Waals surface area contributed by atoms with E-state index < -0.39 is 174 Å². The predicted molar refractivity (Wildman–Crippen MR) is 538 cm³/mol. The van der Waals surface area contributed by atoms with Gasteiger partial charge in [-0.05, 0) is 164 Å². The van der Waals surface area contributed by atoms with Crippen LogP contribution < -0.4 is 57.3 Å². The van der Waals surface area contributed by atoms with Crippen LogP contribution in [0.25, 0.3) is 0 Å². The second-order valence-corrected chi connectivity index (χ2v) is 53.4. The van der Waals surface area contributed by atoms with E-state index in [2.05, 4.69) is 4.74 Å². The topological polar surface area (TPSA) is 660 Å². The standard InChI is InChI=1S/3C8H14O3.C5H8O4.2C5H10O2.3C4H10O.10C3H9N.C2H4O2.10ClH.5Pt/c3*1-8(2,3)6(9)4-5-7(10)11;1-9-5(8)3-2-4(6)7;2*1-5(2,3)4(6)7;3*1-4(2,3)5;10*1-3(2)4;1-2(3)4;;;;;;;;;;;;;;;/h3*4-5H2,1-3H3,(H,10,11);2-3H2,1H3,(H,6,7);2*1-3H3,(H,6,7);3*5H,1-3H3;10*3H,4H2,1-2H3;1H3,(H,3,4);10*1H;;;;;/q;;;;;;;;;;;;;;;;;;;;;;;;;;;;;;5*+4/p-10. The fourth-order valence-corrected chi connectivity index (χ4v) is 2.10. The predicted octanol–water partition coefficient (Wildman–Crippen LogP) is 19.5. The fraction of sp³-hybridized carbons (Fsp3) is 0.867. The van der Waals surface area contributed by atoms with Crippen LogP contribution in [0.1, 0.15) is 363 Å². The van der Waals surface area contributed by atoms with Crippen LogP contribution in [0.5, 0.6) is 0 Å². The molecule has 0 unspecified atom stereocenters. The number of hydrogen-bond donors (Lipinski definition) is 20. The number of esters is 1. The summed E-state index contributed by atoms with van der Waals surface area (Å²) in [6.45, 7) is 81.7. The van der Waals surface area contributed by atoms with E-state index in [1.807, 2.05) is 138 Å². The molecule has 130 heavy (non-hydrogen) atoms. The van der Waals surface area contributed by atoms with Gasteiger partial charge in [0.05, 0.1) is 66.8 Å². The summed E-state index contributed by atoms with van der Waals surface area (Å²) in [6.07, 6.45) is 0.0251. The van der Waals surface area contributed by atoms with Gasteiger partial charge in [0, 0.05) is 42.4 Å². The van der Waals surface area contributed by atoms with Crippen molar-refractivity contribution in [2.24, 2.45) is 84.4 Å². The van der Waals surface area contributed by atoms with Gasteiger partial charge in [-0.1, -0.05) is 201 Å². The van der Waals surface area contributed by atoms with Gasteiger partial charge >= 0.3 is 218 Å². The number of Topliss-reactive ketones (excluding diaryl/α,β-unsaturated/α-hetero) is 3. The van der Waals surface area contributed by atoms with E-state index in [1.165, 1.54) is 7.11 Å². The Balaban J connectivity index is -0.0000000389. The Hall–Kier alpha value is 0.592. The van der Waals surface area contributed by atoms with Gasteiger partial charge in [0.15, 0.2) is 0 Å². The number of carbonyl (C=O) groups excluding carboxylic acids is 4. The number of methoxy groups -OCH3 is 1. The molecule has 0 bridgehead atoms. The number of ketones is 3. The first-order valence-electron chi connectivity index (χ1n) is 39.7. The molecule has 47 heteroatoms. The summed E-state index contributed by atoms with van der Waals surface area (Å²) < 4.78 is 4.20. The van der Waals surface area contributed by atoms with E-state index >= 15 is 0 Å². The van der Waals surface area contributed by atoms with Gasteiger partial charge in [0.25, 0.3) is 5.97 Å². The molecule has 30 N–H and O–H groups in total. The third-order valence-corrected chi connectivity index (χ3v) is 6.26. The van der Waals surface area contributed by atoms with E-state index in [4.69, 9.17) is 207 Å². The molecule has 0 radical (unpaired) electrons. The minimum atomic E-state index is -0.986. The van der Waals surface area contributed by atoms with Crippen LogP contribution >= 0.6 is 94.2 Å². The van der Waals surface area contributed by atoms with Crippen molar-refractivity contribution in [2.75, 3.05) is 7.11 Å². The third-order valence-electron chi connectivity index (χ3n) is 6.26. The molecular weight excluding hydrogens is 2820 g/mol. The van der Waals surface area contributed by atoms with E-state index in [9.17, 15) is 47.9 Å². The Morgan fingerprint density at radius 2 is 0.308 bits per heavy atom. The zero-order valence-corrected chi connectivity index (χ0v) is 106. The zero-order valence-electron chi connectivity index (χ0n) is 87.4. The summed E-state index contributed by atoms with van der Waals surface area (Å²) in [5.41, 5.74) is 47.2. The van der Waals surface area contributed by atoms with Crippen LogP contribution in [-0.4, -0.2) is 201 Å². The molecular formula is C83H194Cl10N10O22Pt5+10. The van der Waals surface area contributed by atoms with Crippen LogP contribution in [0.3, 0.4) is 0 Å². The van der Waals surface area contributed by atoms with Crippen molar-refractivity contribution < 1.29 is 191 Å². The van der Waals surface area contributed by atoms with Crippen molar-refractivity contribution in [3.8, 4) is 0 Å². The third kappa shape index (κ3) is 757. The molecule has 0 aliphatic rings. The van der Waals surface area contributed by atoms with Gasteiger partial charge < -0.3 is 113 Å². The van der Waals surface area contributed by atoms with Crippen LogP contribution in [0, 0.1) is 27.1 Å². The monoisotopic (exact) mass is 3010 g/mol. The Morgan fingerprint density at radius 3 is 0.354 bits per heavy atom. The van der Waals surface area contributed by atoms with Gasteiger partial charge in [0.1, 0.15) is 17.3 Å². The van der Waals surface area contributed by atoms with Gasteiger partial charge in [-0.25, -0.2) is 0 Å². The summed E-state index contributed by atoms with van der Waals surface area (Å²) >= 11 is -2.36. The number of carboxylic acid groups (broad SMARTS) is 7. The number of aliphatic hydroxyl groups is 3. The number of aliphatic carboxylic acids is 7. The Labute approximate surface area is 873 Å². The van der Waals surface area contributed by atoms with Crippen LogP contribution in [-0.2, 0) is 140 Å². The molecule has 0 saturated heterocycles. The first kappa shape index (κ1) is 197. The van der Waals surface area contributed by atoms with Gasteiger partial charge in [-0.15, -0.1) is 0 Å². The first-order valence-corrected chi connectivity index (χ1v) is 67.9. The van der Waals surface area contributed by atoms with E-state index in [0.717, 1.165) is 6.92 Å². The molecule has 818 valence electrons. The number of rotatable bonds is 12. The average molecular weight is 3010 g/mol. The van der Waals surface area contributed by atoms with E-state index in [-0.39, 0.29) is 68.7 Å². The molecule has 0 rings (SSSR count). The van der Waals surface area contributed by atoms with E-state index in [0.29, 0.717) is 60.4 Å². The van der Waals surface area contributed by atoms with Crippen LogP contribution in [0.4, 0.5) is 0 Å². The van der Waals surface area contributed by atoms with Crippen molar-refractivity contribution in [1.29, 1.82) is 0 Å². The number of hydrogen-bond acceptors (Lipinski definition) is 25. The van der Waals surface area contributed by atoms with Crippen molar-refractivity contribution in [1.82, 2.24) is 0 Å². The molecule has 0 aliphatic heterocycles. The van der Waals surface area contributed by atoms with Crippen LogP contribution in [0.15, 0.2) is 0 Å². The van der Waals surface area contributed by atoms with Crippen molar-refractivity contribution >= 4 is 159 Å². The maximum absolute atomic E-state index is 11.1. The van der Waals surface area contributed by atoms with Crippen molar-refractivity contribution in [3.63, 3.8) is 0 Å². The number of halogens is 10. The van der Waals surface area contributed by atoms with Crippen molar-refractivity contribution in [3.05, 3.63) is 0 Å². The molecule has 0 fully saturated rings. The van der Waals surface area contributed by atoms with Gasteiger partial charge in [0.2, 0.25) is 0 Å². The summed E-state index contributed by atoms with van der Waals surface area (Å²) in [6, 6.07) is 3.33. The molecule has 0 saturated carbocycles. The quantitative estimate of drug-likeness (QED) is 0.0807. The fourth-order valence-electron chi connectivity index (χ4n) is 2.10. The maximum atomic E-state index is 11.1. The molecule has 0 aromatic rings. The first-order chi connectivity index (χ1) is 56.7. The Bertz CT molecular complexity index is 2070. The number of carboxylic acids is 7. The Morgan fingerprint density at radius 1 is 0.238 bits per heavy atom. The summed E-state index contributed by atoms with van der Waals surface area (Å²) in [4.78, 5) is 113. The normalized spacial score (nSPS) is 9.84. The van der Waals surface area contributed by atoms with Crippen LogP contribution in [0.2, 0.25) is 0 Å². The Kier molecular flexibility index (Phi) is 206. The molecule has 0 aromatic carbocycles. The number of ether oxygens (including phenoxy) is 1. The summed E-state index contributed by atoms with van der Waals surface area (Å²) in [5, 5.41) is 82.4. The zero-order chi connectivity index (χ0) is 113. The number of nitrogens with two attached hydrogens (primary N) is 10. The SMILES string of the molecule is CC(=O)O.CC(C)(C)C(=O)CCC(=O)O.CC(C)(C)C(=O)CCC(=O)O.CC(C)(C)C(=O)CCC(=O)O.CC(C)(C)C(=O)O.CC(C)(C)C(=O)O.CC(C)(C)O.CC(C)(C)O.CC(C)(C)O.CC(C)N.CC(C)N.CC(C)N.CC(C)N.CC(C)N.CC(C)N.CC(C)N.CC(C)N.CC(C)N.CC(C)N.COC(=O)CCC(=O)O.[Cl][Pt+2][Cl].[Cl][Pt+2][Cl].[Cl][Pt+2][Cl].[Cl][Pt+2][Cl].[Cl][Pt+2][Cl]. The molecule has 0 heterocycles. The molecule has 0 spiro atoms.